The van der Waals surface area contributed by atoms with Gasteiger partial charge >= 0.3 is 0 Å². The standard InChI is InChI=1S/C26H31N3O4/c1-28(15-13-18-9-12-22(32-2)23(16-18)33-3)25(30)19-10-11-20-21(17-19)27-24-8-6-4-5-7-14-29(24)26(20)31/h9-12,16-17H,4-8,13-15H2,1-3H3. The number of rotatable bonds is 6. The molecule has 174 valence electrons. The summed E-state index contributed by atoms with van der Waals surface area (Å²) >= 11 is 0. The molecule has 0 spiro atoms. The molecule has 33 heavy (non-hydrogen) atoms. The Bertz CT molecular complexity index is 1220. The summed E-state index contributed by atoms with van der Waals surface area (Å²) in [7, 11) is 5.00. The minimum absolute atomic E-state index is 0.00212. The molecule has 0 bridgehead atoms. The first-order chi connectivity index (χ1) is 16.0. The van der Waals surface area contributed by atoms with Crippen LogP contribution in [0.4, 0.5) is 0 Å². The van der Waals surface area contributed by atoms with Gasteiger partial charge in [-0.05, 0) is 55.2 Å². The van der Waals surface area contributed by atoms with E-state index in [2.05, 4.69) is 0 Å². The maximum atomic E-state index is 13.1. The topological polar surface area (TPSA) is 73.7 Å². The van der Waals surface area contributed by atoms with Crippen LogP contribution in [0.2, 0.25) is 0 Å². The van der Waals surface area contributed by atoms with Crippen LogP contribution in [0.25, 0.3) is 10.9 Å². The summed E-state index contributed by atoms with van der Waals surface area (Å²) in [6, 6.07) is 11.0. The van der Waals surface area contributed by atoms with Crippen molar-refractivity contribution in [2.45, 2.75) is 45.1 Å². The number of carbonyl (C=O) groups excluding carboxylic acids is 1. The molecule has 1 aliphatic rings. The van der Waals surface area contributed by atoms with Crippen molar-refractivity contribution in [3.8, 4) is 11.5 Å². The lowest BCUT2D eigenvalue weighted by atomic mass is 10.1. The zero-order valence-electron chi connectivity index (χ0n) is 19.6. The van der Waals surface area contributed by atoms with Crippen LogP contribution in [0.1, 0.15) is 47.4 Å². The minimum Gasteiger partial charge on any atom is -0.493 e. The molecule has 0 aliphatic carbocycles. The van der Waals surface area contributed by atoms with Gasteiger partial charge in [-0.15, -0.1) is 0 Å². The van der Waals surface area contributed by atoms with Gasteiger partial charge < -0.3 is 14.4 Å². The normalized spacial score (nSPS) is 13.7. The summed E-state index contributed by atoms with van der Waals surface area (Å²) in [5.74, 6) is 2.09. The summed E-state index contributed by atoms with van der Waals surface area (Å²) in [6.07, 6.45) is 5.83. The van der Waals surface area contributed by atoms with E-state index in [0.29, 0.717) is 40.9 Å². The molecule has 0 saturated heterocycles. The maximum Gasteiger partial charge on any atom is 0.261 e. The van der Waals surface area contributed by atoms with Crippen molar-refractivity contribution in [3.63, 3.8) is 0 Å². The Hall–Kier alpha value is -3.35. The number of hydrogen-bond donors (Lipinski definition) is 0. The average molecular weight is 450 g/mol. The smallest absolute Gasteiger partial charge is 0.261 e. The molecule has 0 radical (unpaired) electrons. The molecule has 0 N–H and O–H groups in total. The summed E-state index contributed by atoms with van der Waals surface area (Å²) in [4.78, 5) is 32.6. The molecule has 0 fully saturated rings. The molecule has 0 unspecified atom stereocenters. The summed E-state index contributed by atoms with van der Waals surface area (Å²) in [6.45, 7) is 1.27. The van der Waals surface area contributed by atoms with E-state index in [4.69, 9.17) is 14.5 Å². The Morgan fingerprint density at radius 1 is 1.03 bits per heavy atom. The highest BCUT2D eigenvalue weighted by atomic mass is 16.5. The van der Waals surface area contributed by atoms with Crippen LogP contribution in [0, 0.1) is 0 Å². The lowest BCUT2D eigenvalue weighted by Crippen LogP contribution is -2.29. The van der Waals surface area contributed by atoms with Crippen molar-refractivity contribution < 1.29 is 14.3 Å². The fourth-order valence-electron chi connectivity index (χ4n) is 4.38. The zero-order chi connectivity index (χ0) is 23.4. The van der Waals surface area contributed by atoms with Gasteiger partial charge in [0.25, 0.3) is 11.5 Å². The van der Waals surface area contributed by atoms with Crippen LogP contribution in [0.3, 0.4) is 0 Å². The van der Waals surface area contributed by atoms with Gasteiger partial charge in [-0.2, -0.15) is 0 Å². The number of aromatic nitrogens is 2. The molecule has 3 aromatic rings. The van der Waals surface area contributed by atoms with E-state index in [1.54, 1.807) is 44.4 Å². The summed E-state index contributed by atoms with van der Waals surface area (Å²) < 4.78 is 12.5. The van der Waals surface area contributed by atoms with E-state index >= 15 is 0 Å². The number of fused-ring (bicyclic) bond motifs is 2. The molecule has 0 atom stereocenters. The van der Waals surface area contributed by atoms with E-state index in [9.17, 15) is 9.59 Å². The first-order valence-electron chi connectivity index (χ1n) is 11.5. The van der Waals surface area contributed by atoms with E-state index < -0.39 is 0 Å². The molecule has 0 saturated carbocycles. The monoisotopic (exact) mass is 449 g/mol. The van der Waals surface area contributed by atoms with Crippen LogP contribution < -0.4 is 15.0 Å². The molecule has 2 aromatic carbocycles. The van der Waals surface area contributed by atoms with Crippen molar-refractivity contribution in [2.75, 3.05) is 27.8 Å². The zero-order valence-corrected chi connectivity index (χ0v) is 19.6. The molecule has 2 heterocycles. The highest BCUT2D eigenvalue weighted by Gasteiger charge is 2.17. The van der Waals surface area contributed by atoms with E-state index in [0.717, 1.165) is 50.0 Å². The van der Waals surface area contributed by atoms with Gasteiger partial charge in [-0.1, -0.05) is 18.9 Å². The van der Waals surface area contributed by atoms with Gasteiger partial charge in [0.1, 0.15) is 5.82 Å². The largest absolute Gasteiger partial charge is 0.493 e. The Labute approximate surface area is 194 Å². The SMILES string of the molecule is COc1ccc(CCN(C)C(=O)c2ccc3c(=O)n4c(nc3c2)CCCCCC4)cc1OC. The third-order valence-electron chi connectivity index (χ3n) is 6.34. The van der Waals surface area contributed by atoms with Crippen LogP contribution >= 0.6 is 0 Å². The Balaban J connectivity index is 1.52. The first kappa shape index (κ1) is 22.8. The highest BCUT2D eigenvalue weighted by Crippen LogP contribution is 2.27. The van der Waals surface area contributed by atoms with Gasteiger partial charge in [0.2, 0.25) is 0 Å². The van der Waals surface area contributed by atoms with Gasteiger partial charge in [-0.25, -0.2) is 4.98 Å². The second-order valence-corrected chi connectivity index (χ2v) is 8.55. The Morgan fingerprint density at radius 3 is 2.61 bits per heavy atom. The molecule has 7 nitrogen and oxygen atoms in total. The van der Waals surface area contributed by atoms with Crippen molar-refractivity contribution in [1.29, 1.82) is 0 Å². The quantitative estimate of drug-likeness (QED) is 0.572. The average Bonchev–Trinajstić information content (AvgIpc) is 2.82. The fourth-order valence-corrected chi connectivity index (χ4v) is 4.38. The molecule has 1 amide bonds. The van der Waals surface area contributed by atoms with E-state index in [-0.39, 0.29) is 11.5 Å². The number of likely N-dealkylation sites (N-methyl/N-ethyl adjacent to an activating group) is 1. The van der Waals surface area contributed by atoms with Crippen LogP contribution in [-0.2, 0) is 19.4 Å². The number of hydrogen-bond acceptors (Lipinski definition) is 5. The third kappa shape index (κ3) is 4.87. The van der Waals surface area contributed by atoms with Crippen molar-refractivity contribution in [3.05, 3.63) is 63.7 Å². The predicted molar refractivity (Wildman–Crippen MR) is 128 cm³/mol. The number of ether oxygens (including phenoxy) is 2. The van der Waals surface area contributed by atoms with Gasteiger partial charge in [0, 0.05) is 32.1 Å². The number of aryl methyl sites for hydroxylation is 1. The minimum atomic E-state index is -0.0916. The van der Waals surface area contributed by atoms with Crippen LogP contribution in [0.15, 0.2) is 41.2 Å². The summed E-state index contributed by atoms with van der Waals surface area (Å²) in [5, 5.41) is 0.573. The van der Waals surface area contributed by atoms with Crippen molar-refractivity contribution in [2.24, 2.45) is 0 Å². The first-order valence-corrected chi connectivity index (χ1v) is 11.5. The van der Waals surface area contributed by atoms with Crippen LogP contribution in [0.5, 0.6) is 11.5 Å². The number of amides is 1. The third-order valence-corrected chi connectivity index (χ3v) is 6.34. The number of carbonyl (C=O) groups is 1. The lowest BCUT2D eigenvalue weighted by molar-refractivity contribution is 0.0796. The number of methoxy groups -OCH3 is 2. The predicted octanol–water partition coefficient (Wildman–Crippen LogP) is 3.84. The Kier molecular flexibility index (Phi) is 6.96. The molecule has 1 aliphatic heterocycles. The van der Waals surface area contributed by atoms with Gasteiger partial charge in [0.05, 0.1) is 25.1 Å². The second-order valence-electron chi connectivity index (χ2n) is 8.55. The molecule has 7 heteroatoms. The highest BCUT2D eigenvalue weighted by molar-refractivity contribution is 5.97. The molecule has 4 rings (SSSR count). The molecular formula is C26H31N3O4. The number of nitrogens with zero attached hydrogens (tertiary/aromatic N) is 3. The van der Waals surface area contributed by atoms with E-state index in [1.807, 2.05) is 22.8 Å². The van der Waals surface area contributed by atoms with Crippen molar-refractivity contribution >= 4 is 16.8 Å². The number of benzene rings is 2. The second kappa shape index (κ2) is 10.1. The molecular weight excluding hydrogens is 418 g/mol. The maximum absolute atomic E-state index is 13.1. The van der Waals surface area contributed by atoms with E-state index in [1.165, 1.54) is 0 Å². The van der Waals surface area contributed by atoms with Crippen LogP contribution in [-0.4, -0.2) is 48.2 Å². The lowest BCUT2D eigenvalue weighted by Gasteiger charge is -2.19. The fraction of sp³-hybridized carbons (Fsp3) is 0.423. The Morgan fingerprint density at radius 2 is 1.82 bits per heavy atom. The van der Waals surface area contributed by atoms with Gasteiger partial charge in [-0.3, -0.25) is 14.2 Å². The van der Waals surface area contributed by atoms with Gasteiger partial charge in [0.15, 0.2) is 11.5 Å². The summed E-state index contributed by atoms with van der Waals surface area (Å²) in [5.41, 5.74) is 2.20. The molecule has 1 aromatic heterocycles. The van der Waals surface area contributed by atoms with Crippen molar-refractivity contribution in [1.82, 2.24) is 14.5 Å².